The minimum absolute atomic E-state index is 0.0136. The van der Waals surface area contributed by atoms with Crippen LogP contribution in [0.2, 0.25) is 0 Å². The molecule has 0 spiro atoms. The zero-order chi connectivity index (χ0) is 25.1. The first-order chi connectivity index (χ1) is 16.8. The van der Waals surface area contributed by atoms with Gasteiger partial charge in [0.05, 0.1) is 11.0 Å². The summed E-state index contributed by atoms with van der Waals surface area (Å²) in [6.07, 6.45) is 3.28. The number of ether oxygens (including phenoxy) is 1. The lowest BCUT2D eigenvalue weighted by atomic mass is 9.75. The Bertz CT molecular complexity index is 1130. The molecular formula is C30H41N3O2. The molecule has 35 heavy (non-hydrogen) atoms. The summed E-state index contributed by atoms with van der Waals surface area (Å²) in [6, 6.07) is 16.1. The molecule has 1 heterocycles. The van der Waals surface area contributed by atoms with Crippen LogP contribution < -0.4 is 4.90 Å². The van der Waals surface area contributed by atoms with Gasteiger partial charge in [-0.05, 0) is 87.8 Å². The molecule has 5 nitrogen and oxygen atoms in total. The fraction of sp³-hybridized carbons (Fsp3) is 0.533. The Labute approximate surface area is 210 Å². The molecule has 2 aromatic carbocycles. The summed E-state index contributed by atoms with van der Waals surface area (Å²) < 4.78 is 8.30. The van der Waals surface area contributed by atoms with Crippen LogP contribution in [-0.2, 0) is 9.53 Å². The van der Waals surface area contributed by atoms with Gasteiger partial charge in [0.1, 0.15) is 18.0 Å². The number of carbonyl (C=O) groups excluding carboxylic acids is 1. The fourth-order valence-corrected chi connectivity index (χ4v) is 5.65. The molecule has 4 atom stereocenters. The van der Waals surface area contributed by atoms with E-state index in [1.54, 1.807) is 0 Å². The topological polar surface area (TPSA) is 47.4 Å². The van der Waals surface area contributed by atoms with Crippen molar-refractivity contribution in [2.24, 2.45) is 17.8 Å². The van der Waals surface area contributed by atoms with Gasteiger partial charge in [0.15, 0.2) is 0 Å². The Morgan fingerprint density at radius 3 is 2.40 bits per heavy atom. The number of fused-ring (bicyclic) bond motifs is 1. The van der Waals surface area contributed by atoms with Gasteiger partial charge in [0.2, 0.25) is 0 Å². The highest BCUT2D eigenvalue weighted by atomic mass is 16.5. The van der Waals surface area contributed by atoms with Crippen molar-refractivity contribution in [1.29, 1.82) is 0 Å². The van der Waals surface area contributed by atoms with Gasteiger partial charge in [0.25, 0.3) is 0 Å². The molecule has 4 rings (SSSR count). The monoisotopic (exact) mass is 475 g/mol. The Hall–Kier alpha value is -2.82. The minimum atomic E-state index is -0.468. The van der Waals surface area contributed by atoms with Gasteiger partial charge in [-0.25, -0.2) is 9.78 Å². The molecule has 1 aromatic heterocycles. The Morgan fingerprint density at radius 2 is 1.74 bits per heavy atom. The predicted octanol–water partition coefficient (Wildman–Crippen LogP) is 7.11. The Morgan fingerprint density at radius 1 is 1.06 bits per heavy atom. The fourth-order valence-electron chi connectivity index (χ4n) is 5.65. The van der Waals surface area contributed by atoms with Crippen LogP contribution in [0.25, 0.3) is 22.4 Å². The number of hydrogen-bond donors (Lipinski definition) is 0. The second-order valence-corrected chi connectivity index (χ2v) is 10.5. The summed E-state index contributed by atoms with van der Waals surface area (Å²) in [7, 11) is 0. The van der Waals surface area contributed by atoms with Gasteiger partial charge < -0.3 is 14.2 Å². The van der Waals surface area contributed by atoms with Crippen molar-refractivity contribution in [2.45, 2.75) is 73.0 Å². The second-order valence-electron chi connectivity index (χ2n) is 10.5. The highest BCUT2D eigenvalue weighted by Crippen LogP contribution is 2.37. The maximum atomic E-state index is 13.6. The number of aromatic nitrogens is 2. The van der Waals surface area contributed by atoms with E-state index in [2.05, 4.69) is 68.4 Å². The maximum Gasteiger partial charge on any atom is 0.329 e. The molecule has 5 heteroatoms. The third-order valence-electron chi connectivity index (χ3n) is 7.81. The number of imidazole rings is 1. The normalized spacial score (nSPS) is 21.3. The minimum Gasteiger partial charge on any atom is -0.461 e. The van der Waals surface area contributed by atoms with Gasteiger partial charge in [-0.1, -0.05) is 39.3 Å². The van der Waals surface area contributed by atoms with Crippen LogP contribution >= 0.6 is 0 Å². The quantitative estimate of drug-likeness (QED) is 0.326. The molecule has 1 aliphatic rings. The second kappa shape index (κ2) is 10.8. The molecule has 0 aliphatic heterocycles. The van der Waals surface area contributed by atoms with Crippen molar-refractivity contribution < 1.29 is 9.53 Å². The van der Waals surface area contributed by atoms with E-state index in [0.29, 0.717) is 17.8 Å². The van der Waals surface area contributed by atoms with E-state index in [-0.39, 0.29) is 12.1 Å². The van der Waals surface area contributed by atoms with Gasteiger partial charge in [-0.3, -0.25) is 0 Å². The zero-order valence-corrected chi connectivity index (χ0v) is 22.2. The van der Waals surface area contributed by atoms with Gasteiger partial charge in [-0.2, -0.15) is 0 Å². The van der Waals surface area contributed by atoms with Crippen molar-refractivity contribution in [2.75, 3.05) is 18.0 Å². The number of para-hydroxylation sites is 2. The molecule has 188 valence electrons. The van der Waals surface area contributed by atoms with Crippen molar-refractivity contribution in [1.82, 2.24) is 9.55 Å². The largest absolute Gasteiger partial charge is 0.461 e. The number of esters is 1. The maximum absolute atomic E-state index is 13.6. The van der Waals surface area contributed by atoms with Crippen molar-refractivity contribution in [3.8, 4) is 11.4 Å². The van der Waals surface area contributed by atoms with E-state index in [4.69, 9.17) is 9.72 Å². The number of anilines is 1. The highest BCUT2D eigenvalue weighted by Gasteiger charge is 2.35. The van der Waals surface area contributed by atoms with Crippen LogP contribution in [-0.4, -0.2) is 34.7 Å². The molecule has 1 fully saturated rings. The Balaban J connectivity index is 1.66. The van der Waals surface area contributed by atoms with E-state index < -0.39 is 6.04 Å². The summed E-state index contributed by atoms with van der Waals surface area (Å²) in [5.74, 6) is 2.16. The van der Waals surface area contributed by atoms with E-state index in [0.717, 1.165) is 48.4 Å². The zero-order valence-electron chi connectivity index (χ0n) is 22.2. The Kier molecular flexibility index (Phi) is 7.83. The van der Waals surface area contributed by atoms with Crippen LogP contribution in [0.1, 0.15) is 66.8 Å². The number of rotatable bonds is 8. The van der Waals surface area contributed by atoms with Crippen LogP contribution in [0.4, 0.5) is 5.69 Å². The molecule has 1 unspecified atom stereocenters. The molecule has 0 N–H and O–H groups in total. The van der Waals surface area contributed by atoms with E-state index >= 15 is 0 Å². The number of hydrogen-bond acceptors (Lipinski definition) is 4. The number of benzene rings is 2. The predicted molar refractivity (Wildman–Crippen MR) is 145 cm³/mol. The van der Waals surface area contributed by atoms with Gasteiger partial charge >= 0.3 is 5.97 Å². The molecule has 0 amide bonds. The van der Waals surface area contributed by atoms with Gasteiger partial charge in [-0.15, -0.1) is 0 Å². The number of carbonyl (C=O) groups is 1. The summed E-state index contributed by atoms with van der Waals surface area (Å²) >= 11 is 0. The van der Waals surface area contributed by atoms with Crippen LogP contribution in [0.3, 0.4) is 0 Å². The average molecular weight is 476 g/mol. The standard InChI is InChI=1S/C30H41N3O2/c1-7-32(8-2)24-16-14-23(15-17-24)29-31-26-11-9-10-12-27(26)33(29)22(6)30(34)35-28-19-21(5)13-18-25(28)20(3)4/h9-12,14-17,20-22,25,28H,7-8,13,18-19H2,1-6H3/t21-,22-,25+,28?/m1/s1. The summed E-state index contributed by atoms with van der Waals surface area (Å²) in [6.45, 7) is 15.0. The van der Waals surface area contributed by atoms with Crippen LogP contribution in [0.15, 0.2) is 48.5 Å². The molecule has 0 saturated heterocycles. The first-order valence-corrected chi connectivity index (χ1v) is 13.4. The van der Waals surface area contributed by atoms with Crippen LogP contribution in [0.5, 0.6) is 0 Å². The van der Waals surface area contributed by atoms with Gasteiger partial charge in [0, 0.05) is 24.3 Å². The first kappa shape index (κ1) is 25.3. The average Bonchev–Trinajstić information content (AvgIpc) is 3.24. The summed E-state index contributed by atoms with van der Waals surface area (Å²) in [5, 5.41) is 0. The third-order valence-corrected chi connectivity index (χ3v) is 7.81. The van der Waals surface area contributed by atoms with Crippen LogP contribution in [0, 0.1) is 17.8 Å². The smallest absolute Gasteiger partial charge is 0.329 e. The lowest BCUT2D eigenvalue weighted by molar-refractivity contribution is -0.159. The van der Waals surface area contributed by atoms with E-state index in [1.165, 1.54) is 12.1 Å². The lowest BCUT2D eigenvalue weighted by Gasteiger charge is -2.37. The summed E-state index contributed by atoms with van der Waals surface area (Å²) in [5.41, 5.74) is 4.04. The molecule has 3 aromatic rings. The van der Waals surface area contributed by atoms with E-state index in [1.807, 2.05) is 31.2 Å². The molecule has 1 saturated carbocycles. The van der Waals surface area contributed by atoms with Crippen molar-refractivity contribution in [3.05, 3.63) is 48.5 Å². The molecule has 0 radical (unpaired) electrons. The SMILES string of the molecule is CCN(CC)c1ccc(-c2nc3ccccc3n2[C@H](C)C(=O)OC2C[C@H](C)CC[C@H]2C(C)C)cc1. The van der Waals surface area contributed by atoms with E-state index in [9.17, 15) is 4.79 Å². The first-order valence-electron chi connectivity index (χ1n) is 13.4. The number of nitrogens with zero attached hydrogens (tertiary/aromatic N) is 3. The van der Waals surface area contributed by atoms with Crippen molar-refractivity contribution in [3.63, 3.8) is 0 Å². The molecule has 0 bridgehead atoms. The molecule has 1 aliphatic carbocycles. The van der Waals surface area contributed by atoms with Crippen molar-refractivity contribution >= 4 is 22.7 Å². The highest BCUT2D eigenvalue weighted by molar-refractivity contribution is 5.85. The lowest BCUT2D eigenvalue weighted by Crippen LogP contribution is -2.37. The molecular weight excluding hydrogens is 434 g/mol. The third kappa shape index (κ3) is 5.24. The summed E-state index contributed by atoms with van der Waals surface area (Å²) in [4.78, 5) is 20.8.